The SMILES string of the molecule is Cc1coc([C@H]2CCCN2C(=O)c2cc(C(=O)N[C@@H](C)CC(NCc3cccc(C(F)(F)F)c3)c3cccc(O)c3)cc(-c3ncco3)c2)n1. The minimum atomic E-state index is -4.47. The van der Waals surface area contributed by atoms with Crippen LogP contribution in [-0.2, 0) is 12.7 Å². The first-order chi connectivity index (χ1) is 23.9. The molecule has 0 spiro atoms. The van der Waals surface area contributed by atoms with Crippen LogP contribution in [0.4, 0.5) is 13.2 Å². The normalized spacial score (nSPS) is 15.9. The molecule has 6 rings (SSSR count). The maximum absolute atomic E-state index is 13.9. The molecule has 10 nitrogen and oxygen atoms in total. The Labute approximate surface area is 286 Å². The molecule has 1 fully saturated rings. The fourth-order valence-electron chi connectivity index (χ4n) is 6.23. The highest BCUT2D eigenvalue weighted by molar-refractivity contribution is 6.01. The maximum atomic E-state index is 13.9. The molecular formula is C37H36F3N5O5. The summed E-state index contributed by atoms with van der Waals surface area (Å²) in [4.78, 5) is 38.0. The van der Waals surface area contributed by atoms with E-state index < -0.39 is 29.7 Å². The smallest absolute Gasteiger partial charge is 0.416 e. The minimum absolute atomic E-state index is 0.0313. The molecule has 3 aromatic carbocycles. The third-order valence-electron chi connectivity index (χ3n) is 8.60. The highest BCUT2D eigenvalue weighted by atomic mass is 19.4. The van der Waals surface area contributed by atoms with Crippen molar-refractivity contribution in [3.63, 3.8) is 0 Å². The summed E-state index contributed by atoms with van der Waals surface area (Å²) in [5, 5.41) is 16.4. The number of hydrogen-bond acceptors (Lipinski definition) is 8. The maximum Gasteiger partial charge on any atom is 0.416 e. The fraction of sp³-hybridized carbons (Fsp3) is 0.297. The molecule has 1 aliphatic heterocycles. The number of aromatic nitrogens is 2. The van der Waals surface area contributed by atoms with Gasteiger partial charge in [-0.1, -0.05) is 30.3 Å². The molecule has 1 aliphatic rings. The van der Waals surface area contributed by atoms with Gasteiger partial charge < -0.3 is 29.5 Å². The molecule has 13 heteroatoms. The van der Waals surface area contributed by atoms with Crippen molar-refractivity contribution < 1.29 is 36.7 Å². The summed E-state index contributed by atoms with van der Waals surface area (Å²) in [6.45, 7) is 4.23. The second-order valence-corrected chi connectivity index (χ2v) is 12.5. The molecule has 2 aromatic heterocycles. The van der Waals surface area contributed by atoms with Crippen LogP contribution >= 0.6 is 0 Å². The van der Waals surface area contributed by atoms with E-state index in [9.17, 15) is 27.9 Å². The first-order valence-electron chi connectivity index (χ1n) is 16.2. The molecule has 0 aliphatic carbocycles. The number of oxazole rings is 2. The summed E-state index contributed by atoms with van der Waals surface area (Å²) in [7, 11) is 0. The van der Waals surface area contributed by atoms with Gasteiger partial charge in [-0.05, 0) is 80.6 Å². The molecular weight excluding hydrogens is 651 g/mol. The number of aryl methyl sites for hydroxylation is 1. The first-order valence-corrected chi connectivity index (χ1v) is 16.2. The second-order valence-electron chi connectivity index (χ2n) is 12.5. The molecule has 260 valence electrons. The van der Waals surface area contributed by atoms with E-state index in [1.807, 2.05) is 6.92 Å². The third-order valence-corrected chi connectivity index (χ3v) is 8.60. The molecule has 0 radical (unpaired) electrons. The number of nitrogens with zero attached hydrogens (tertiary/aromatic N) is 3. The van der Waals surface area contributed by atoms with Gasteiger partial charge in [-0.25, -0.2) is 9.97 Å². The lowest BCUT2D eigenvalue weighted by Gasteiger charge is -2.25. The molecule has 50 heavy (non-hydrogen) atoms. The number of benzene rings is 3. The Kier molecular flexibility index (Phi) is 10.0. The average Bonchev–Trinajstić information content (AvgIpc) is 3.88. The van der Waals surface area contributed by atoms with Crippen LogP contribution in [0.25, 0.3) is 11.5 Å². The number of rotatable bonds is 11. The fourth-order valence-corrected chi connectivity index (χ4v) is 6.23. The number of alkyl halides is 3. The number of phenols is 1. The van der Waals surface area contributed by atoms with Crippen molar-refractivity contribution in [2.75, 3.05) is 6.54 Å². The minimum Gasteiger partial charge on any atom is -0.508 e. The second kappa shape index (κ2) is 14.6. The lowest BCUT2D eigenvalue weighted by Crippen LogP contribution is -2.36. The Morgan fingerprint density at radius 2 is 1.86 bits per heavy atom. The van der Waals surface area contributed by atoms with Gasteiger partial charge in [-0.15, -0.1) is 0 Å². The van der Waals surface area contributed by atoms with E-state index in [2.05, 4.69) is 20.6 Å². The van der Waals surface area contributed by atoms with Crippen molar-refractivity contribution in [3.05, 3.63) is 125 Å². The zero-order valence-corrected chi connectivity index (χ0v) is 27.4. The van der Waals surface area contributed by atoms with Gasteiger partial charge >= 0.3 is 6.18 Å². The summed E-state index contributed by atoms with van der Waals surface area (Å²) < 4.78 is 51.1. The van der Waals surface area contributed by atoms with Crippen molar-refractivity contribution in [2.45, 2.75) is 64.0 Å². The lowest BCUT2D eigenvalue weighted by molar-refractivity contribution is -0.137. The number of hydrogen-bond donors (Lipinski definition) is 3. The number of halogens is 3. The monoisotopic (exact) mass is 687 g/mol. The highest BCUT2D eigenvalue weighted by Gasteiger charge is 2.34. The first kappa shape index (κ1) is 34.4. The molecule has 2 amide bonds. The quantitative estimate of drug-likeness (QED) is 0.131. The van der Waals surface area contributed by atoms with Crippen LogP contribution in [-0.4, -0.2) is 44.4 Å². The molecule has 3 N–H and O–H groups in total. The molecule has 3 atom stereocenters. The Balaban J connectivity index is 1.22. The summed E-state index contributed by atoms with van der Waals surface area (Å²) in [5.41, 5.74) is 2.03. The van der Waals surface area contributed by atoms with Gasteiger partial charge in [0.25, 0.3) is 11.8 Å². The Morgan fingerprint density at radius 1 is 1.06 bits per heavy atom. The summed E-state index contributed by atoms with van der Waals surface area (Å²) >= 11 is 0. The number of phenolic OH excluding ortho intramolecular Hbond substituents is 1. The molecule has 1 unspecified atom stereocenters. The standard InChI is InChI=1S/C37H36F3N5O5/c1-22(14-31(25-7-4-9-30(46)19-25)42-20-24-6-3-8-29(15-24)37(38,39)40)43-33(47)26-16-27(34-41-11-13-49-34)18-28(17-26)36(48)45-12-5-10-32(45)35-44-23(2)21-50-35/h3-4,6-9,11,13,15-19,21-22,31-32,42,46H,5,10,12,14,20H2,1-2H3,(H,43,47)/t22-,31?,32+/m0/s1. The van der Waals surface area contributed by atoms with Crippen molar-refractivity contribution in [2.24, 2.45) is 0 Å². The van der Waals surface area contributed by atoms with Gasteiger partial charge in [0, 0.05) is 41.9 Å². The van der Waals surface area contributed by atoms with E-state index in [4.69, 9.17) is 8.83 Å². The molecule has 0 bridgehead atoms. The van der Waals surface area contributed by atoms with E-state index in [1.165, 1.54) is 30.7 Å². The van der Waals surface area contributed by atoms with Gasteiger partial charge in [0.15, 0.2) is 0 Å². The molecule has 0 saturated carbocycles. The van der Waals surface area contributed by atoms with Crippen molar-refractivity contribution in [1.82, 2.24) is 25.5 Å². The third kappa shape index (κ3) is 8.05. The number of nitrogens with one attached hydrogen (secondary N) is 2. The van der Waals surface area contributed by atoms with Crippen molar-refractivity contribution >= 4 is 11.8 Å². The number of likely N-dealkylation sites (tertiary alicyclic amines) is 1. The lowest BCUT2D eigenvalue weighted by atomic mass is 9.98. The summed E-state index contributed by atoms with van der Waals surface area (Å²) in [6, 6.07) is 15.2. The largest absolute Gasteiger partial charge is 0.508 e. The molecule has 1 saturated heterocycles. The molecule has 3 heterocycles. The zero-order valence-electron chi connectivity index (χ0n) is 27.4. The van der Waals surface area contributed by atoms with Crippen LogP contribution in [0.5, 0.6) is 5.75 Å². The van der Waals surface area contributed by atoms with Crippen molar-refractivity contribution in [1.29, 1.82) is 0 Å². The van der Waals surface area contributed by atoms with Crippen LogP contribution in [0.15, 0.2) is 94.3 Å². The van der Waals surface area contributed by atoms with Gasteiger partial charge in [0.2, 0.25) is 11.8 Å². The number of aromatic hydroxyl groups is 1. The average molecular weight is 688 g/mol. The van der Waals surface area contributed by atoms with Gasteiger partial charge in [0.1, 0.15) is 24.3 Å². The number of carbonyl (C=O) groups is 2. The predicted octanol–water partition coefficient (Wildman–Crippen LogP) is 7.38. The van der Waals surface area contributed by atoms with Crippen LogP contribution in [0.2, 0.25) is 0 Å². The van der Waals surface area contributed by atoms with E-state index in [1.54, 1.807) is 54.5 Å². The highest BCUT2D eigenvalue weighted by Crippen LogP contribution is 2.34. The predicted molar refractivity (Wildman–Crippen MR) is 177 cm³/mol. The van der Waals surface area contributed by atoms with E-state index in [0.29, 0.717) is 42.0 Å². The summed E-state index contributed by atoms with van der Waals surface area (Å²) in [5.74, 6) is -0.00283. The Hall–Kier alpha value is -5.43. The number of carbonyl (C=O) groups excluding carboxylic acids is 2. The summed E-state index contributed by atoms with van der Waals surface area (Å²) in [6.07, 6.45) is 1.74. The Morgan fingerprint density at radius 3 is 2.58 bits per heavy atom. The van der Waals surface area contributed by atoms with Gasteiger partial charge in [-0.3, -0.25) is 9.59 Å². The van der Waals surface area contributed by atoms with Crippen LogP contribution in [0.1, 0.15) is 87.3 Å². The number of amides is 2. The van der Waals surface area contributed by atoms with Crippen LogP contribution < -0.4 is 10.6 Å². The van der Waals surface area contributed by atoms with Gasteiger partial charge in [0.05, 0.1) is 17.5 Å². The van der Waals surface area contributed by atoms with Crippen LogP contribution in [0.3, 0.4) is 0 Å². The molecule has 5 aromatic rings. The van der Waals surface area contributed by atoms with Gasteiger partial charge in [-0.2, -0.15) is 13.2 Å². The van der Waals surface area contributed by atoms with Crippen LogP contribution in [0, 0.1) is 6.92 Å². The van der Waals surface area contributed by atoms with E-state index >= 15 is 0 Å². The van der Waals surface area contributed by atoms with Crippen molar-refractivity contribution in [3.8, 4) is 17.2 Å². The van der Waals surface area contributed by atoms with E-state index in [0.717, 1.165) is 24.2 Å². The topological polar surface area (TPSA) is 134 Å². The zero-order chi connectivity index (χ0) is 35.4. The Bertz CT molecular complexity index is 1960. The van der Waals surface area contributed by atoms with E-state index in [-0.39, 0.29) is 41.3 Å².